The summed E-state index contributed by atoms with van der Waals surface area (Å²) in [5.74, 6) is 0.273. The van der Waals surface area contributed by atoms with Gasteiger partial charge in [-0.15, -0.1) is 0 Å². The Hall–Kier alpha value is -1.51. The molecule has 0 unspecified atom stereocenters. The SMILES string of the molecule is CCC(=O)N1CCN(c2ccc(C)cc2C)CC1. The smallest absolute Gasteiger partial charge is 0.222 e. The normalized spacial score (nSPS) is 15.9. The van der Waals surface area contributed by atoms with E-state index in [9.17, 15) is 4.79 Å². The van der Waals surface area contributed by atoms with Crippen molar-refractivity contribution in [3.05, 3.63) is 29.3 Å². The van der Waals surface area contributed by atoms with Gasteiger partial charge in [0.2, 0.25) is 5.91 Å². The first-order valence-electron chi connectivity index (χ1n) is 6.71. The molecule has 1 aromatic rings. The molecule has 0 saturated carbocycles. The average molecular weight is 246 g/mol. The lowest BCUT2D eigenvalue weighted by Gasteiger charge is -2.36. The van der Waals surface area contributed by atoms with Crippen molar-refractivity contribution < 1.29 is 4.79 Å². The third-order valence-electron chi connectivity index (χ3n) is 3.63. The van der Waals surface area contributed by atoms with Crippen LogP contribution < -0.4 is 4.90 Å². The summed E-state index contributed by atoms with van der Waals surface area (Å²) in [4.78, 5) is 16.0. The van der Waals surface area contributed by atoms with Crippen LogP contribution >= 0.6 is 0 Å². The number of rotatable bonds is 2. The zero-order valence-electron chi connectivity index (χ0n) is 11.6. The Balaban J connectivity index is 2.03. The number of benzene rings is 1. The molecule has 3 nitrogen and oxygen atoms in total. The van der Waals surface area contributed by atoms with Crippen LogP contribution in [0.5, 0.6) is 0 Å². The summed E-state index contributed by atoms with van der Waals surface area (Å²) in [6, 6.07) is 6.58. The van der Waals surface area contributed by atoms with Crippen molar-refractivity contribution in [2.45, 2.75) is 27.2 Å². The maximum absolute atomic E-state index is 11.6. The Morgan fingerprint density at radius 2 is 1.83 bits per heavy atom. The highest BCUT2D eigenvalue weighted by molar-refractivity contribution is 5.76. The van der Waals surface area contributed by atoms with Crippen molar-refractivity contribution in [3.63, 3.8) is 0 Å². The van der Waals surface area contributed by atoms with Gasteiger partial charge in [0.05, 0.1) is 0 Å². The number of hydrogen-bond donors (Lipinski definition) is 0. The Kier molecular flexibility index (Phi) is 3.90. The van der Waals surface area contributed by atoms with Gasteiger partial charge in [-0.1, -0.05) is 24.6 Å². The largest absolute Gasteiger partial charge is 0.368 e. The average Bonchev–Trinajstić information content (AvgIpc) is 2.38. The summed E-state index contributed by atoms with van der Waals surface area (Å²) < 4.78 is 0. The first-order valence-corrected chi connectivity index (χ1v) is 6.71. The van der Waals surface area contributed by atoms with Crippen molar-refractivity contribution in [2.75, 3.05) is 31.1 Å². The van der Waals surface area contributed by atoms with Gasteiger partial charge in [-0.2, -0.15) is 0 Å². The highest BCUT2D eigenvalue weighted by atomic mass is 16.2. The Bertz CT molecular complexity index is 434. The molecule has 1 saturated heterocycles. The second-order valence-corrected chi connectivity index (χ2v) is 5.01. The fraction of sp³-hybridized carbons (Fsp3) is 0.533. The fourth-order valence-electron chi connectivity index (χ4n) is 2.58. The molecule has 0 aliphatic carbocycles. The van der Waals surface area contributed by atoms with Crippen LogP contribution in [0, 0.1) is 13.8 Å². The molecule has 1 aliphatic rings. The number of amides is 1. The summed E-state index contributed by atoms with van der Waals surface area (Å²) in [6.07, 6.45) is 0.615. The van der Waals surface area contributed by atoms with Crippen molar-refractivity contribution in [3.8, 4) is 0 Å². The molecular weight excluding hydrogens is 224 g/mol. The lowest BCUT2D eigenvalue weighted by atomic mass is 10.1. The molecule has 1 aliphatic heterocycles. The van der Waals surface area contributed by atoms with Gasteiger partial charge in [0, 0.05) is 38.3 Å². The molecule has 0 radical (unpaired) electrons. The molecule has 98 valence electrons. The van der Waals surface area contributed by atoms with Crippen molar-refractivity contribution in [2.24, 2.45) is 0 Å². The molecule has 1 heterocycles. The molecule has 1 aromatic carbocycles. The van der Waals surface area contributed by atoms with Crippen LogP contribution in [0.25, 0.3) is 0 Å². The maximum Gasteiger partial charge on any atom is 0.222 e. The van der Waals surface area contributed by atoms with E-state index in [1.165, 1.54) is 16.8 Å². The minimum absolute atomic E-state index is 0.273. The van der Waals surface area contributed by atoms with E-state index in [0.29, 0.717) is 6.42 Å². The summed E-state index contributed by atoms with van der Waals surface area (Å²) in [7, 11) is 0. The first kappa shape index (κ1) is 12.9. The zero-order chi connectivity index (χ0) is 13.1. The predicted octanol–water partition coefficient (Wildman–Crippen LogP) is 2.36. The summed E-state index contributed by atoms with van der Waals surface area (Å²) >= 11 is 0. The van der Waals surface area contributed by atoms with Crippen LogP contribution in [-0.4, -0.2) is 37.0 Å². The van der Waals surface area contributed by atoms with E-state index in [1.807, 2.05) is 11.8 Å². The van der Waals surface area contributed by atoms with E-state index in [0.717, 1.165) is 26.2 Å². The van der Waals surface area contributed by atoms with E-state index >= 15 is 0 Å². The van der Waals surface area contributed by atoms with Gasteiger partial charge in [-0.3, -0.25) is 4.79 Å². The number of aryl methyl sites for hydroxylation is 2. The minimum Gasteiger partial charge on any atom is -0.368 e. The van der Waals surface area contributed by atoms with Crippen LogP contribution in [0.1, 0.15) is 24.5 Å². The van der Waals surface area contributed by atoms with Crippen LogP contribution in [-0.2, 0) is 4.79 Å². The van der Waals surface area contributed by atoms with E-state index < -0.39 is 0 Å². The monoisotopic (exact) mass is 246 g/mol. The zero-order valence-corrected chi connectivity index (χ0v) is 11.6. The molecule has 18 heavy (non-hydrogen) atoms. The van der Waals surface area contributed by atoms with E-state index in [4.69, 9.17) is 0 Å². The van der Waals surface area contributed by atoms with E-state index in [1.54, 1.807) is 0 Å². The third-order valence-corrected chi connectivity index (χ3v) is 3.63. The minimum atomic E-state index is 0.273. The highest BCUT2D eigenvalue weighted by Gasteiger charge is 2.20. The Labute approximate surface area is 109 Å². The van der Waals surface area contributed by atoms with Gasteiger partial charge in [-0.05, 0) is 25.5 Å². The lowest BCUT2D eigenvalue weighted by Crippen LogP contribution is -2.48. The molecule has 0 N–H and O–H groups in total. The van der Waals surface area contributed by atoms with Gasteiger partial charge in [0.25, 0.3) is 0 Å². The second-order valence-electron chi connectivity index (χ2n) is 5.01. The Morgan fingerprint density at radius 3 is 2.39 bits per heavy atom. The number of carbonyl (C=O) groups excluding carboxylic acids is 1. The van der Waals surface area contributed by atoms with Crippen molar-refractivity contribution in [1.82, 2.24) is 4.90 Å². The fourth-order valence-corrected chi connectivity index (χ4v) is 2.58. The van der Waals surface area contributed by atoms with Gasteiger partial charge in [-0.25, -0.2) is 0 Å². The van der Waals surface area contributed by atoms with Gasteiger partial charge in [0.15, 0.2) is 0 Å². The molecule has 0 bridgehead atoms. The Morgan fingerprint density at radius 1 is 1.17 bits per heavy atom. The van der Waals surface area contributed by atoms with Crippen LogP contribution in [0.15, 0.2) is 18.2 Å². The van der Waals surface area contributed by atoms with Gasteiger partial charge in [0.1, 0.15) is 0 Å². The van der Waals surface area contributed by atoms with Crippen molar-refractivity contribution >= 4 is 11.6 Å². The molecule has 3 heteroatoms. The lowest BCUT2D eigenvalue weighted by molar-refractivity contribution is -0.131. The number of nitrogens with zero attached hydrogens (tertiary/aromatic N) is 2. The molecule has 0 spiro atoms. The molecule has 1 fully saturated rings. The third kappa shape index (κ3) is 2.66. The maximum atomic E-state index is 11.6. The van der Waals surface area contributed by atoms with E-state index in [2.05, 4.69) is 36.9 Å². The number of anilines is 1. The molecule has 0 aromatic heterocycles. The van der Waals surface area contributed by atoms with Crippen molar-refractivity contribution in [1.29, 1.82) is 0 Å². The first-order chi connectivity index (χ1) is 8.61. The predicted molar refractivity (Wildman–Crippen MR) is 75.0 cm³/mol. The van der Waals surface area contributed by atoms with Gasteiger partial charge >= 0.3 is 0 Å². The quantitative estimate of drug-likeness (QED) is 0.800. The van der Waals surface area contributed by atoms with Gasteiger partial charge < -0.3 is 9.80 Å². The number of hydrogen-bond acceptors (Lipinski definition) is 2. The molecule has 0 atom stereocenters. The second kappa shape index (κ2) is 5.42. The standard InChI is InChI=1S/C15H22N2O/c1-4-15(18)17-9-7-16(8-10-17)14-6-5-12(2)11-13(14)3/h5-6,11H,4,7-10H2,1-3H3. The molecular formula is C15H22N2O. The van der Waals surface area contributed by atoms with Crippen LogP contribution in [0.4, 0.5) is 5.69 Å². The number of piperazine rings is 1. The topological polar surface area (TPSA) is 23.6 Å². The highest BCUT2D eigenvalue weighted by Crippen LogP contribution is 2.22. The summed E-state index contributed by atoms with van der Waals surface area (Å²) in [5.41, 5.74) is 3.94. The van der Waals surface area contributed by atoms with E-state index in [-0.39, 0.29) is 5.91 Å². The summed E-state index contributed by atoms with van der Waals surface area (Å²) in [5, 5.41) is 0. The van der Waals surface area contributed by atoms with Crippen LogP contribution in [0.2, 0.25) is 0 Å². The molecule has 2 rings (SSSR count). The summed E-state index contributed by atoms with van der Waals surface area (Å²) in [6.45, 7) is 9.78. The van der Waals surface area contributed by atoms with Crippen LogP contribution in [0.3, 0.4) is 0 Å². The number of carbonyl (C=O) groups is 1. The molecule has 1 amide bonds.